The van der Waals surface area contributed by atoms with Gasteiger partial charge in [-0.05, 0) is 49.6 Å². The van der Waals surface area contributed by atoms with Crippen LogP contribution >= 0.6 is 0 Å². The number of nitrogens with two attached hydrogens (primary N) is 1. The molecule has 3 heteroatoms. The molecule has 0 aliphatic rings. The van der Waals surface area contributed by atoms with Crippen molar-refractivity contribution < 1.29 is 4.74 Å². The topological polar surface area (TPSA) is 47.3 Å². The predicted octanol–water partition coefficient (Wildman–Crippen LogP) is 3.46. The SMILES string of the molecule is COc1ccc(NC(C)(CN)CCc2ccccc2)cc1. The van der Waals surface area contributed by atoms with Crippen LogP contribution in [0.25, 0.3) is 0 Å². The van der Waals surface area contributed by atoms with Gasteiger partial charge in [0.2, 0.25) is 0 Å². The fourth-order valence-corrected chi connectivity index (χ4v) is 2.30. The first-order valence-corrected chi connectivity index (χ1v) is 7.31. The summed E-state index contributed by atoms with van der Waals surface area (Å²) in [7, 11) is 1.67. The maximum Gasteiger partial charge on any atom is 0.119 e. The minimum atomic E-state index is -0.121. The third-order valence-corrected chi connectivity index (χ3v) is 3.79. The molecule has 0 aromatic heterocycles. The Morgan fingerprint density at radius 1 is 1.05 bits per heavy atom. The average Bonchev–Trinajstić information content (AvgIpc) is 2.55. The molecule has 3 nitrogen and oxygen atoms in total. The quantitative estimate of drug-likeness (QED) is 0.818. The molecule has 0 aliphatic carbocycles. The number of methoxy groups -OCH3 is 1. The second kappa shape index (κ2) is 7.14. The summed E-state index contributed by atoms with van der Waals surface area (Å²) in [6.07, 6.45) is 2.00. The van der Waals surface area contributed by atoms with E-state index in [1.54, 1.807) is 7.11 Å². The van der Waals surface area contributed by atoms with Gasteiger partial charge in [0.15, 0.2) is 0 Å². The van der Waals surface area contributed by atoms with E-state index in [9.17, 15) is 0 Å². The van der Waals surface area contributed by atoms with E-state index in [2.05, 4.69) is 36.5 Å². The molecule has 2 aromatic carbocycles. The molecule has 0 radical (unpaired) electrons. The van der Waals surface area contributed by atoms with E-state index >= 15 is 0 Å². The zero-order valence-electron chi connectivity index (χ0n) is 12.8. The average molecular weight is 284 g/mol. The van der Waals surface area contributed by atoms with E-state index in [0.717, 1.165) is 24.3 Å². The standard InChI is InChI=1S/C18H24N2O/c1-18(14-19,13-12-15-6-4-3-5-7-15)20-16-8-10-17(21-2)11-9-16/h3-11,20H,12-14,19H2,1-2H3. The minimum Gasteiger partial charge on any atom is -0.497 e. The van der Waals surface area contributed by atoms with E-state index in [1.807, 2.05) is 30.3 Å². The van der Waals surface area contributed by atoms with Crippen LogP contribution in [0.2, 0.25) is 0 Å². The van der Waals surface area contributed by atoms with Gasteiger partial charge in [0.05, 0.1) is 7.11 Å². The first kappa shape index (κ1) is 15.4. The molecule has 0 saturated carbocycles. The van der Waals surface area contributed by atoms with Crippen LogP contribution in [-0.2, 0) is 6.42 Å². The summed E-state index contributed by atoms with van der Waals surface area (Å²) >= 11 is 0. The van der Waals surface area contributed by atoms with E-state index in [-0.39, 0.29) is 5.54 Å². The summed E-state index contributed by atoms with van der Waals surface area (Å²) in [5.74, 6) is 0.860. The molecule has 2 rings (SSSR count). The molecule has 0 spiro atoms. The summed E-state index contributed by atoms with van der Waals surface area (Å²) in [4.78, 5) is 0. The Balaban J connectivity index is 1.99. The number of benzene rings is 2. The Bertz CT molecular complexity index is 539. The Kier molecular flexibility index (Phi) is 5.23. The molecular formula is C18H24N2O. The molecular weight excluding hydrogens is 260 g/mol. The number of hydrogen-bond acceptors (Lipinski definition) is 3. The number of anilines is 1. The van der Waals surface area contributed by atoms with Crippen molar-refractivity contribution in [1.82, 2.24) is 0 Å². The van der Waals surface area contributed by atoms with E-state index in [0.29, 0.717) is 6.54 Å². The maximum atomic E-state index is 5.99. The van der Waals surface area contributed by atoms with Crippen molar-refractivity contribution >= 4 is 5.69 Å². The number of nitrogens with one attached hydrogen (secondary N) is 1. The van der Waals surface area contributed by atoms with Gasteiger partial charge in [-0.25, -0.2) is 0 Å². The molecule has 0 fully saturated rings. The van der Waals surface area contributed by atoms with Gasteiger partial charge in [0, 0.05) is 17.8 Å². The van der Waals surface area contributed by atoms with Crippen LogP contribution in [0.4, 0.5) is 5.69 Å². The van der Waals surface area contributed by atoms with Crippen LogP contribution < -0.4 is 15.8 Å². The zero-order valence-corrected chi connectivity index (χ0v) is 12.8. The monoisotopic (exact) mass is 284 g/mol. The normalized spacial score (nSPS) is 13.5. The van der Waals surface area contributed by atoms with Crippen LogP contribution in [0.5, 0.6) is 5.75 Å². The number of rotatable bonds is 7. The third kappa shape index (κ3) is 4.50. The number of aryl methyl sites for hydroxylation is 1. The van der Waals surface area contributed by atoms with Gasteiger partial charge in [0.1, 0.15) is 5.75 Å². The summed E-state index contributed by atoms with van der Waals surface area (Å²) < 4.78 is 5.18. The number of hydrogen-bond donors (Lipinski definition) is 2. The van der Waals surface area contributed by atoms with Crippen LogP contribution in [0.15, 0.2) is 54.6 Å². The van der Waals surface area contributed by atoms with Crippen LogP contribution in [0.1, 0.15) is 18.9 Å². The van der Waals surface area contributed by atoms with Gasteiger partial charge in [0.25, 0.3) is 0 Å². The Morgan fingerprint density at radius 3 is 2.29 bits per heavy atom. The minimum absolute atomic E-state index is 0.121. The number of ether oxygens (including phenoxy) is 1. The molecule has 0 heterocycles. The molecule has 3 N–H and O–H groups in total. The van der Waals surface area contributed by atoms with Crippen LogP contribution in [0.3, 0.4) is 0 Å². The lowest BCUT2D eigenvalue weighted by Gasteiger charge is -2.31. The molecule has 112 valence electrons. The summed E-state index contributed by atoms with van der Waals surface area (Å²) in [6, 6.07) is 18.5. The highest BCUT2D eigenvalue weighted by atomic mass is 16.5. The van der Waals surface area contributed by atoms with Crippen molar-refractivity contribution in [2.75, 3.05) is 19.0 Å². The van der Waals surface area contributed by atoms with Crippen LogP contribution in [-0.4, -0.2) is 19.2 Å². The van der Waals surface area contributed by atoms with Crippen LogP contribution in [0, 0.1) is 0 Å². The molecule has 2 aromatic rings. The van der Waals surface area contributed by atoms with Crippen molar-refractivity contribution in [3.05, 3.63) is 60.2 Å². The summed E-state index contributed by atoms with van der Waals surface area (Å²) in [5, 5.41) is 3.55. The Hall–Kier alpha value is -2.00. The molecule has 0 bridgehead atoms. The van der Waals surface area contributed by atoms with Gasteiger partial charge in [-0.2, -0.15) is 0 Å². The lowest BCUT2D eigenvalue weighted by molar-refractivity contribution is 0.414. The highest BCUT2D eigenvalue weighted by Crippen LogP contribution is 2.22. The third-order valence-electron chi connectivity index (χ3n) is 3.79. The summed E-state index contributed by atoms with van der Waals surface area (Å²) in [6.45, 7) is 2.76. The largest absolute Gasteiger partial charge is 0.497 e. The van der Waals surface area contributed by atoms with Crippen molar-refractivity contribution in [3.8, 4) is 5.75 Å². The van der Waals surface area contributed by atoms with Gasteiger partial charge in [-0.3, -0.25) is 0 Å². The van der Waals surface area contributed by atoms with E-state index < -0.39 is 0 Å². The lowest BCUT2D eigenvalue weighted by Crippen LogP contribution is -2.42. The molecule has 0 amide bonds. The Morgan fingerprint density at radius 2 is 1.71 bits per heavy atom. The fraction of sp³-hybridized carbons (Fsp3) is 0.333. The molecule has 0 saturated heterocycles. The smallest absolute Gasteiger partial charge is 0.119 e. The van der Waals surface area contributed by atoms with E-state index in [4.69, 9.17) is 10.5 Å². The van der Waals surface area contributed by atoms with Crippen molar-refractivity contribution in [3.63, 3.8) is 0 Å². The van der Waals surface area contributed by atoms with Gasteiger partial charge < -0.3 is 15.8 Å². The lowest BCUT2D eigenvalue weighted by atomic mass is 9.93. The first-order valence-electron chi connectivity index (χ1n) is 7.31. The first-order chi connectivity index (χ1) is 10.1. The van der Waals surface area contributed by atoms with Gasteiger partial charge in [-0.1, -0.05) is 30.3 Å². The van der Waals surface area contributed by atoms with E-state index in [1.165, 1.54) is 5.56 Å². The molecule has 21 heavy (non-hydrogen) atoms. The molecule has 0 aliphatic heterocycles. The molecule has 1 atom stereocenters. The fourth-order valence-electron chi connectivity index (χ4n) is 2.30. The zero-order chi connectivity index (χ0) is 15.1. The summed E-state index contributed by atoms with van der Waals surface area (Å²) in [5.41, 5.74) is 8.28. The highest BCUT2D eigenvalue weighted by Gasteiger charge is 2.21. The maximum absolute atomic E-state index is 5.99. The van der Waals surface area contributed by atoms with Crippen molar-refractivity contribution in [1.29, 1.82) is 0 Å². The van der Waals surface area contributed by atoms with Gasteiger partial charge >= 0.3 is 0 Å². The molecule has 1 unspecified atom stereocenters. The Labute approximate surface area is 127 Å². The second-order valence-electron chi connectivity index (χ2n) is 5.60. The second-order valence-corrected chi connectivity index (χ2v) is 5.60. The van der Waals surface area contributed by atoms with Crippen molar-refractivity contribution in [2.24, 2.45) is 5.73 Å². The predicted molar refractivity (Wildman–Crippen MR) is 88.8 cm³/mol. The van der Waals surface area contributed by atoms with Gasteiger partial charge in [-0.15, -0.1) is 0 Å². The highest BCUT2D eigenvalue weighted by molar-refractivity contribution is 5.48. The van der Waals surface area contributed by atoms with Crippen molar-refractivity contribution in [2.45, 2.75) is 25.3 Å².